The summed E-state index contributed by atoms with van der Waals surface area (Å²) in [5.74, 6) is 1.70. The number of fused-ring (bicyclic) bond motifs is 3. The Morgan fingerprint density at radius 2 is 1.56 bits per heavy atom. The highest BCUT2D eigenvalue weighted by Crippen LogP contribution is 2.32. The molecule has 0 unspecified atom stereocenters. The lowest BCUT2D eigenvalue weighted by Gasteiger charge is -2.37. The van der Waals surface area contributed by atoms with Crippen LogP contribution in [0, 0.1) is 6.92 Å². The highest BCUT2D eigenvalue weighted by molar-refractivity contribution is 7.99. The lowest BCUT2D eigenvalue weighted by atomic mass is 9.97. The summed E-state index contributed by atoms with van der Waals surface area (Å²) in [6, 6.07) is 19.8. The van der Waals surface area contributed by atoms with E-state index in [4.69, 9.17) is 4.84 Å². The van der Waals surface area contributed by atoms with Gasteiger partial charge in [0.15, 0.2) is 5.78 Å². The number of thioether (sulfide) groups is 1. The standard InChI is InChI=1S/C32H35N3O3S/c1-6-35-28-13-11-23(22(3)33-38-31(37)32(4,5)34-15-17-39-18-16-34)19-26(28)27-20-24(12-14-29(27)35)30(36)25-10-8-7-9-21(25)2/h7-14,19-20H,6,15-18H2,1-5H3. The molecule has 5 rings (SSSR count). The zero-order valence-corrected chi connectivity index (χ0v) is 24.1. The SMILES string of the molecule is CCn1c2ccc(C(=O)c3ccccc3C)cc2c2cc(C(C)=NOC(=O)C(C)(C)N3CCSCC3)ccc21. The number of carbonyl (C=O) groups excluding carboxylic acids is 2. The number of ketones is 1. The Morgan fingerprint density at radius 1 is 0.949 bits per heavy atom. The third-order valence-electron chi connectivity index (χ3n) is 7.82. The van der Waals surface area contributed by atoms with E-state index in [9.17, 15) is 9.59 Å². The summed E-state index contributed by atoms with van der Waals surface area (Å²) in [4.78, 5) is 34.0. The summed E-state index contributed by atoms with van der Waals surface area (Å²) in [6.07, 6.45) is 0. The maximum Gasteiger partial charge on any atom is 0.354 e. The zero-order chi connectivity index (χ0) is 27.7. The first-order valence-electron chi connectivity index (χ1n) is 13.5. The van der Waals surface area contributed by atoms with Crippen LogP contribution in [-0.2, 0) is 16.2 Å². The quantitative estimate of drug-likeness (QED) is 0.116. The van der Waals surface area contributed by atoms with Gasteiger partial charge < -0.3 is 9.40 Å². The second-order valence-electron chi connectivity index (χ2n) is 10.6. The average molecular weight is 542 g/mol. The highest BCUT2D eigenvalue weighted by Gasteiger charge is 2.37. The van der Waals surface area contributed by atoms with Gasteiger partial charge in [0.1, 0.15) is 5.54 Å². The molecule has 39 heavy (non-hydrogen) atoms. The van der Waals surface area contributed by atoms with Crippen LogP contribution in [0.25, 0.3) is 21.8 Å². The van der Waals surface area contributed by atoms with Crippen LogP contribution in [0.2, 0.25) is 0 Å². The van der Waals surface area contributed by atoms with Gasteiger partial charge >= 0.3 is 5.97 Å². The van der Waals surface area contributed by atoms with E-state index < -0.39 is 5.54 Å². The van der Waals surface area contributed by atoms with Gasteiger partial charge in [0.05, 0.1) is 5.71 Å². The van der Waals surface area contributed by atoms with Crippen LogP contribution in [0.4, 0.5) is 0 Å². The molecule has 0 saturated carbocycles. The maximum absolute atomic E-state index is 13.4. The summed E-state index contributed by atoms with van der Waals surface area (Å²) in [5, 5.41) is 6.29. The van der Waals surface area contributed by atoms with E-state index in [1.165, 1.54) is 0 Å². The monoisotopic (exact) mass is 541 g/mol. The Hall–Kier alpha value is -3.42. The molecular weight excluding hydrogens is 506 g/mol. The number of rotatable bonds is 7. The van der Waals surface area contributed by atoms with Gasteiger partial charge in [0.2, 0.25) is 0 Å². The molecule has 1 aromatic heterocycles. The van der Waals surface area contributed by atoms with Crippen LogP contribution >= 0.6 is 11.8 Å². The lowest BCUT2D eigenvalue weighted by molar-refractivity contribution is -0.156. The van der Waals surface area contributed by atoms with Gasteiger partial charge in [-0.25, -0.2) is 4.79 Å². The first-order valence-corrected chi connectivity index (χ1v) is 14.6. The van der Waals surface area contributed by atoms with E-state index in [1.807, 2.05) is 88.0 Å². The normalized spacial score (nSPS) is 15.2. The van der Waals surface area contributed by atoms with Crippen molar-refractivity contribution >= 4 is 51.0 Å². The molecule has 1 aliphatic heterocycles. The fourth-order valence-electron chi connectivity index (χ4n) is 5.32. The van der Waals surface area contributed by atoms with Gasteiger partial charge in [-0.1, -0.05) is 35.5 Å². The number of aromatic nitrogens is 1. The van der Waals surface area contributed by atoms with Crippen molar-refractivity contribution in [3.8, 4) is 0 Å². The third kappa shape index (κ3) is 5.13. The van der Waals surface area contributed by atoms with Gasteiger partial charge in [-0.2, -0.15) is 11.8 Å². The minimum Gasteiger partial charge on any atom is -0.341 e. The number of carbonyl (C=O) groups is 2. The largest absolute Gasteiger partial charge is 0.354 e. The minimum atomic E-state index is -0.733. The molecule has 0 N–H and O–H groups in total. The summed E-state index contributed by atoms with van der Waals surface area (Å²) >= 11 is 1.91. The topological polar surface area (TPSA) is 63.9 Å². The number of hydrogen-bond donors (Lipinski definition) is 0. The van der Waals surface area contributed by atoms with E-state index in [2.05, 4.69) is 33.7 Å². The molecule has 0 amide bonds. The van der Waals surface area contributed by atoms with Crippen molar-refractivity contribution < 1.29 is 14.4 Å². The van der Waals surface area contributed by atoms with Crippen molar-refractivity contribution in [3.05, 3.63) is 82.9 Å². The number of benzene rings is 3. The van der Waals surface area contributed by atoms with E-state index >= 15 is 0 Å². The van der Waals surface area contributed by atoms with Crippen molar-refractivity contribution in [2.24, 2.45) is 5.16 Å². The summed E-state index contributed by atoms with van der Waals surface area (Å²) in [5.41, 5.74) is 5.27. The van der Waals surface area contributed by atoms with Crippen molar-refractivity contribution in [3.63, 3.8) is 0 Å². The number of hydrogen-bond acceptors (Lipinski definition) is 6. The number of oxime groups is 1. The van der Waals surface area contributed by atoms with E-state index in [-0.39, 0.29) is 11.8 Å². The number of nitrogens with zero attached hydrogens (tertiary/aromatic N) is 3. The van der Waals surface area contributed by atoms with Gasteiger partial charge in [0.25, 0.3) is 0 Å². The molecular formula is C32H35N3O3S. The fraction of sp³-hybridized carbons (Fsp3) is 0.344. The van der Waals surface area contributed by atoms with Crippen molar-refractivity contribution in [2.45, 2.75) is 46.7 Å². The molecule has 6 nitrogen and oxygen atoms in total. The predicted octanol–water partition coefficient (Wildman–Crippen LogP) is 6.45. The molecule has 1 fully saturated rings. The van der Waals surface area contributed by atoms with Crippen LogP contribution in [0.1, 0.15) is 54.7 Å². The molecule has 1 saturated heterocycles. The Morgan fingerprint density at radius 3 is 2.21 bits per heavy atom. The third-order valence-corrected chi connectivity index (χ3v) is 8.76. The molecule has 1 aliphatic rings. The van der Waals surface area contributed by atoms with Gasteiger partial charge in [-0.15, -0.1) is 0 Å². The van der Waals surface area contributed by atoms with Crippen LogP contribution in [0.3, 0.4) is 0 Å². The zero-order valence-electron chi connectivity index (χ0n) is 23.3. The van der Waals surface area contributed by atoms with Crippen LogP contribution in [-0.4, -0.2) is 57.1 Å². The molecule has 0 radical (unpaired) electrons. The number of aryl methyl sites for hydroxylation is 2. The summed E-state index contributed by atoms with van der Waals surface area (Å²) < 4.78 is 2.25. The Kier molecular flexibility index (Phi) is 7.65. The molecule has 3 aromatic carbocycles. The van der Waals surface area contributed by atoms with E-state index in [0.29, 0.717) is 16.8 Å². The summed E-state index contributed by atoms with van der Waals surface area (Å²) in [6.45, 7) is 12.3. The molecule has 202 valence electrons. The van der Waals surface area contributed by atoms with Crippen molar-refractivity contribution in [1.29, 1.82) is 0 Å². The van der Waals surface area contributed by atoms with Crippen LogP contribution in [0.15, 0.2) is 65.8 Å². The van der Waals surface area contributed by atoms with Gasteiger partial charge in [-0.05, 0) is 76.1 Å². The lowest BCUT2D eigenvalue weighted by Crippen LogP contribution is -2.53. The molecule has 0 aliphatic carbocycles. The van der Waals surface area contributed by atoms with Crippen molar-refractivity contribution in [2.75, 3.05) is 24.6 Å². The van der Waals surface area contributed by atoms with Crippen LogP contribution in [0.5, 0.6) is 0 Å². The first-order chi connectivity index (χ1) is 18.7. The Balaban J connectivity index is 1.48. The predicted molar refractivity (Wildman–Crippen MR) is 161 cm³/mol. The molecule has 0 spiro atoms. The van der Waals surface area contributed by atoms with E-state index in [0.717, 1.165) is 64.1 Å². The Labute approximate surface area is 234 Å². The maximum atomic E-state index is 13.4. The molecule has 4 aromatic rings. The second-order valence-corrected chi connectivity index (χ2v) is 11.8. The first kappa shape index (κ1) is 27.2. The Bertz CT molecular complexity index is 1600. The minimum absolute atomic E-state index is 0.0168. The smallest absolute Gasteiger partial charge is 0.341 e. The summed E-state index contributed by atoms with van der Waals surface area (Å²) in [7, 11) is 0. The van der Waals surface area contributed by atoms with Gasteiger partial charge in [-0.3, -0.25) is 9.69 Å². The van der Waals surface area contributed by atoms with Crippen molar-refractivity contribution in [1.82, 2.24) is 9.47 Å². The molecule has 7 heteroatoms. The second kappa shape index (κ2) is 11.0. The average Bonchev–Trinajstić information content (AvgIpc) is 3.28. The molecule has 0 atom stereocenters. The van der Waals surface area contributed by atoms with Gasteiger partial charge in [0, 0.05) is 64.1 Å². The van der Waals surface area contributed by atoms with Crippen LogP contribution < -0.4 is 0 Å². The molecule has 0 bridgehead atoms. The van der Waals surface area contributed by atoms with E-state index in [1.54, 1.807) is 0 Å². The highest BCUT2D eigenvalue weighted by atomic mass is 32.2. The molecule has 2 heterocycles. The fourth-order valence-corrected chi connectivity index (χ4v) is 6.22.